The normalized spacial score (nSPS) is 18.2. The molecule has 0 amide bonds. The van der Waals surface area contributed by atoms with E-state index in [2.05, 4.69) is 0 Å². The molecule has 0 aromatic rings. The molecule has 2 atom stereocenters. The molecule has 0 spiro atoms. The first kappa shape index (κ1) is 11.4. The number of carboxylic acids is 1. The molecule has 0 saturated heterocycles. The minimum Gasteiger partial charge on any atom is -0.480 e. The third kappa shape index (κ3) is 4.30. The highest BCUT2D eigenvalue weighted by Gasteiger charge is 2.13. The predicted molar refractivity (Wildman–Crippen MR) is 46.5 cm³/mol. The lowest BCUT2D eigenvalue weighted by molar-refractivity contribution is -0.138. The number of carboxylic acid groups (broad SMARTS) is 1. The van der Waals surface area contributed by atoms with Gasteiger partial charge in [-0.15, -0.1) is 0 Å². The van der Waals surface area contributed by atoms with E-state index in [1.807, 2.05) is 0 Å². The molecule has 0 aromatic heterocycles. The van der Waals surface area contributed by atoms with Gasteiger partial charge >= 0.3 is 5.97 Å². The zero-order valence-corrected chi connectivity index (χ0v) is 7.76. The summed E-state index contributed by atoms with van der Waals surface area (Å²) in [4.78, 5) is 10.2. The van der Waals surface area contributed by atoms with E-state index in [0.29, 0.717) is 0 Å². The number of hydrogen-bond donors (Lipinski definition) is 3. The molecule has 4 N–H and O–H groups in total. The second kappa shape index (κ2) is 4.42. The summed E-state index contributed by atoms with van der Waals surface area (Å²) in [6.07, 6.45) is 0.103. The van der Waals surface area contributed by atoms with Crippen LogP contribution in [0.25, 0.3) is 0 Å². The molecule has 0 rings (SSSR count). The molecule has 6 heteroatoms. The summed E-state index contributed by atoms with van der Waals surface area (Å²) in [7, 11) is -2.59. The zero-order chi connectivity index (χ0) is 9.78. The molecule has 0 saturated carbocycles. The quantitative estimate of drug-likeness (QED) is 0.566. The van der Waals surface area contributed by atoms with Gasteiger partial charge in [0.25, 0.3) is 0 Å². The molecule has 0 aliphatic heterocycles. The fourth-order valence-electron chi connectivity index (χ4n) is 0.585. The molecule has 0 fully saturated rings. The van der Waals surface area contributed by atoms with Crippen LogP contribution in [0.4, 0.5) is 0 Å². The van der Waals surface area contributed by atoms with Gasteiger partial charge in [0, 0.05) is 21.2 Å². The van der Waals surface area contributed by atoms with Gasteiger partial charge in [0.2, 0.25) is 0 Å². The molecule has 0 radical (unpaired) electrons. The van der Waals surface area contributed by atoms with E-state index in [4.69, 9.17) is 15.6 Å². The molecule has 5 nitrogen and oxygen atoms in total. The minimum atomic E-state index is -2.59. The van der Waals surface area contributed by atoms with Crippen LogP contribution in [0.1, 0.15) is 13.3 Å². The summed E-state index contributed by atoms with van der Waals surface area (Å²) in [5, 5.41) is 8.37. The number of carbonyl (C=O) groups is 1. The summed E-state index contributed by atoms with van der Waals surface area (Å²) in [6.45, 7) is 1.64. The molecule has 72 valence electrons. The summed E-state index contributed by atoms with van der Waals surface area (Å²) in [5.74, 6) is -0.794. The van der Waals surface area contributed by atoms with Crippen LogP contribution >= 0.6 is 0 Å². The lowest BCUT2D eigenvalue weighted by atomic mass is 10.2. The van der Waals surface area contributed by atoms with Crippen LogP contribution in [-0.2, 0) is 14.5 Å². The fraction of sp³-hybridized carbons (Fsp3) is 0.833. The SMILES string of the molecule is CCS(=N)(=O)CC[C@H](N)C(=O)O. The van der Waals surface area contributed by atoms with E-state index < -0.39 is 21.7 Å². The lowest BCUT2D eigenvalue weighted by Crippen LogP contribution is -2.32. The molecular weight excluding hydrogens is 180 g/mol. The van der Waals surface area contributed by atoms with E-state index in [0.717, 1.165) is 0 Å². The third-order valence-electron chi connectivity index (χ3n) is 1.54. The van der Waals surface area contributed by atoms with Crippen molar-refractivity contribution in [3.8, 4) is 0 Å². The van der Waals surface area contributed by atoms with E-state index in [9.17, 15) is 9.00 Å². The Hall–Kier alpha value is -0.620. The first-order valence-corrected chi connectivity index (χ1v) is 5.51. The Morgan fingerprint density at radius 1 is 1.75 bits per heavy atom. The molecule has 1 unspecified atom stereocenters. The maximum absolute atomic E-state index is 11.1. The number of nitrogens with one attached hydrogen (secondary N) is 1. The van der Waals surface area contributed by atoms with Gasteiger partial charge in [-0.3, -0.25) is 9.57 Å². The van der Waals surface area contributed by atoms with Crippen molar-refractivity contribution < 1.29 is 14.1 Å². The largest absolute Gasteiger partial charge is 0.480 e. The van der Waals surface area contributed by atoms with Gasteiger partial charge in [-0.25, -0.2) is 4.21 Å². The molecule has 12 heavy (non-hydrogen) atoms. The number of nitrogens with two attached hydrogens (primary N) is 1. The highest BCUT2D eigenvalue weighted by molar-refractivity contribution is 7.92. The first-order valence-electron chi connectivity index (χ1n) is 3.61. The van der Waals surface area contributed by atoms with Crippen LogP contribution in [0, 0.1) is 4.78 Å². The molecule has 0 heterocycles. The molecule has 0 bridgehead atoms. The van der Waals surface area contributed by atoms with Crippen LogP contribution in [-0.4, -0.2) is 32.8 Å². The first-order chi connectivity index (χ1) is 5.39. The van der Waals surface area contributed by atoms with Gasteiger partial charge < -0.3 is 10.8 Å². The van der Waals surface area contributed by atoms with E-state index in [1.54, 1.807) is 6.92 Å². The second-order valence-corrected chi connectivity index (χ2v) is 5.15. The van der Waals surface area contributed by atoms with Gasteiger partial charge in [0.15, 0.2) is 0 Å². The molecule has 0 aliphatic carbocycles. The lowest BCUT2D eigenvalue weighted by Gasteiger charge is -2.07. The summed E-state index contributed by atoms with van der Waals surface area (Å²) >= 11 is 0. The van der Waals surface area contributed by atoms with Crippen molar-refractivity contribution in [2.45, 2.75) is 19.4 Å². The summed E-state index contributed by atoms with van der Waals surface area (Å²) in [6, 6.07) is -0.997. The van der Waals surface area contributed by atoms with Crippen LogP contribution in [0.2, 0.25) is 0 Å². The summed E-state index contributed by atoms with van der Waals surface area (Å²) in [5.41, 5.74) is 5.17. The van der Waals surface area contributed by atoms with Crippen molar-refractivity contribution in [3.63, 3.8) is 0 Å². The predicted octanol–water partition coefficient (Wildman–Crippen LogP) is -0.145. The maximum Gasteiger partial charge on any atom is 0.320 e. The Kier molecular flexibility index (Phi) is 4.19. The van der Waals surface area contributed by atoms with E-state index in [1.165, 1.54) is 0 Å². The highest BCUT2D eigenvalue weighted by Crippen LogP contribution is 1.97. The minimum absolute atomic E-state index is 0.0664. The van der Waals surface area contributed by atoms with Crippen LogP contribution in [0.15, 0.2) is 0 Å². The smallest absolute Gasteiger partial charge is 0.320 e. The Labute approximate surface area is 71.9 Å². The number of aliphatic carboxylic acids is 1. The fourth-order valence-corrected chi connectivity index (χ4v) is 1.51. The average Bonchev–Trinajstić information content (AvgIpc) is 2.00. The monoisotopic (exact) mass is 194 g/mol. The standard InChI is InChI=1S/C6H14N2O3S/c1-2-12(8,11)4-3-5(7)6(9)10/h5,8H,2-4,7H2,1H3,(H,9,10)/t5-,12?/m0/s1. The Bertz CT molecular complexity index is 248. The van der Waals surface area contributed by atoms with Crippen molar-refractivity contribution in [1.82, 2.24) is 0 Å². The van der Waals surface area contributed by atoms with Gasteiger partial charge in [0.05, 0.1) is 0 Å². The van der Waals surface area contributed by atoms with Gasteiger partial charge in [-0.2, -0.15) is 0 Å². The number of hydrogen-bond acceptors (Lipinski definition) is 4. The van der Waals surface area contributed by atoms with Crippen LogP contribution in [0.3, 0.4) is 0 Å². The molecule has 0 aliphatic rings. The topological polar surface area (TPSA) is 104 Å². The van der Waals surface area contributed by atoms with Crippen molar-refractivity contribution in [3.05, 3.63) is 0 Å². The Morgan fingerprint density at radius 2 is 2.25 bits per heavy atom. The number of rotatable bonds is 5. The van der Waals surface area contributed by atoms with E-state index >= 15 is 0 Å². The zero-order valence-electron chi connectivity index (χ0n) is 6.95. The van der Waals surface area contributed by atoms with E-state index in [-0.39, 0.29) is 17.9 Å². The van der Waals surface area contributed by atoms with Crippen LogP contribution < -0.4 is 5.73 Å². The average molecular weight is 194 g/mol. The van der Waals surface area contributed by atoms with Gasteiger partial charge in [-0.05, 0) is 6.42 Å². The van der Waals surface area contributed by atoms with Gasteiger partial charge in [-0.1, -0.05) is 6.92 Å². The molecule has 0 aromatic carbocycles. The Morgan fingerprint density at radius 3 is 2.58 bits per heavy atom. The van der Waals surface area contributed by atoms with Crippen molar-refractivity contribution in [1.29, 1.82) is 4.78 Å². The summed E-state index contributed by atoms with van der Waals surface area (Å²) < 4.78 is 18.3. The van der Waals surface area contributed by atoms with Crippen molar-refractivity contribution in [2.24, 2.45) is 5.73 Å². The van der Waals surface area contributed by atoms with Crippen molar-refractivity contribution >= 4 is 15.7 Å². The second-order valence-electron chi connectivity index (χ2n) is 2.54. The third-order valence-corrected chi connectivity index (χ3v) is 3.37. The maximum atomic E-state index is 11.1. The molecular formula is C6H14N2O3S. The highest BCUT2D eigenvalue weighted by atomic mass is 32.2. The van der Waals surface area contributed by atoms with Crippen molar-refractivity contribution in [2.75, 3.05) is 11.5 Å². The Balaban J connectivity index is 3.92. The van der Waals surface area contributed by atoms with Gasteiger partial charge in [0.1, 0.15) is 6.04 Å². The van der Waals surface area contributed by atoms with Crippen LogP contribution in [0.5, 0.6) is 0 Å².